The van der Waals surface area contributed by atoms with Crippen molar-refractivity contribution in [3.8, 4) is 11.1 Å². The molecule has 2 aromatic carbocycles. The highest BCUT2D eigenvalue weighted by molar-refractivity contribution is 7.88. The van der Waals surface area contributed by atoms with E-state index in [1.54, 1.807) is 24.3 Å². The SMILES string of the molecule is CS(=O)(=O)NC1(CF)CCN(C(=O)[C@@H]2C[C@H]2c2ccccc2-c2c(F)cccc2F)C1. The molecule has 2 aliphatic rings. The van der Waals surface area contributed by atoms with Gasteiger partial charge in [-0.3, -0.25) is 4.79 Å². The Morgan fingerprint density at radius 1 is 1.16 bits per heavy atom. The summed E-state index contributed by atoms with van der Waals surface area (Å²) in [7, 11) is -3.63. The molecule has 1 unspecified atom stereocenters. The first-order valence-corrected chi connectivity index (χ1v) is 11.9. The highest BCUT2D eigenvalue weighted by atomic mass is 32.2. The summed E-state index contributed by atoms with van der Waals surface area (Å²) >= 11 is 0. The van der Waals surface area contributed by atoms with Crippen molar-refractivity contribution >= 4 is 15.9 Å². The number of rotatable bonds is 6. The number of carbonyl (C=O) groups is 1. The van der Waals surface area contributed by atoms with Crippen LogP contribution in [0.3, 0.4) is 0 Å². The Morgan fingerprint density at radius 3 is 2.48 bits per heavy atom. The number of hydrogen-bond acceptors (Lipinski definition) is 3. The lowest BCUT2D eigenvalue weighted by Gasteiger charge is -2.26. The lowest BCUT2D eigenvalue weighted by Crippen LogP contribution is -2.52. The van der Waals surface area contributed by atoms with E-state index in [4.69, 9.17) is 0 Å². The van der Waals surface area contributed by atoms with E-state index < -0.39 is 33.9 Å². The quantitative estimate of drug-likeness (QED) is 0.732. The molecule has 9 heteroatoms. The standard InChI is InChI=1S/C22H23F3N2O3S/c1-31(29,30)26-22(12-23)9-10-27(13-22)21(28)17-11-16(17)14-5-2-3-6-15(14)20-18(24)7-4-8-19(20)25/h2-8,16-17,26H,9-13H2,1H3/t16-,17+,22?/m0/s1. The Hall–Kier alpha value is -2.39. The molecule has 0 aromatic heterocycles. The van der Waals surface area contributed by atoms with E-state index in [9.17, 15) is 26.4 Å². The lowest BCUT2D eigenvalue weighted by atomic mass is 9.95. The minimum atomic E-state index is -3.63. The van der Waals surface area contributed by atoms with Gasteiger partial charge in [0.25, 0.3) is 0 Å². The highest BCUT2D eigenvalue weighted by Crippen LogP contribution is 2.52. The van der Waals surface area contributed by atoms with Crippen molar-refractivity contribution in [3.63, 3.8) is 0 Å². The highest BCUT2D eigenvalue weighted by Gasteiger charge is 2.50. The molecule has 2 aromatic rings. The predicted molar refractivity (Wildman–Crippen MR) is 111 cm³/mol. The van der Waals surface area contributed by atoms with Crippen LogP contribution < -0.4 is 4.72 Å². The molecule has 31 heavy (non-hydrogen) atoms. The molecule has 166 valence electrons. The molecule has 1 heterocycles. The second kappa shape index (κ2) is 7.94. The van der Waals surface area contributed by atoms with Crippen LogP contribution in [0.1, 0.15) is 24.3 Å². The summed E-state index contributed by atoms with van der Waals surface area (Å²) in [6.45, 7) is -0.701. The predicted octanol–water partition coefficient (Wildman–Crippen LogP) is 3.23. The van der Waals surface area contributed by atoms with Gasteiger partial charge in [0.05, 0.1) is 17.4 Å². The third-order valence-electron chi connectivity index (χ3n) is 6.02. The molecule has 1 aliphatic carbocycles. The monoisotopic (exact) mass is 452 g/mol. The molecular formula is C22H23F3N2O3S. The maximum absolute atomic E-state index is 14.4. The Bertz CT molecular complexity index is 1100. The van der Waals surface area contributed by atoms with Crippen LogP contribution in [0, 0.1) is 17.6 Å². The molecule has 5 nitrogen and oxygen atoms in total. The fourth-order valence-electron chi connectivity index (χ4n) is 4.52. The molecule has 2 fully saturated rings. The van der Waals surface area contributed by atoms with Gasteiger partial charge < -0.3 is 4.90 Å². The Morgan fingerprint density at radius 2 is 1.84 bits per heavy atom. The third kappa shape index (κ3) is 4.34. The Balaban J connectivity index is 1.54. The lowest BCUT2D eigenvalue weighted by molar-refractivity contribution is -0.131. The zero-order valence-electron chi connectivity index (χ0n) is 16.9. The number of nitrogens with one attached hydrogen (secondary N) is 1. The molecule has 1 aliphatic heterocycles. The number of likely N-dealkylation sites (tertiary alicyclic amines) is 1. The average Bonchev–Trinajstić information content (AvgIpc) is 3.40. The molecule has 3 atom stereocenters. The van der Waals surface area contributed by atoms with Crippen molar-refractivity contribution in [2.45, 2.75) is 24.3 Å². The van der Waals surface area contributed by atoms with E-state index in [0.717, 1.165) is 6.26 Å². The van der Waals surface area contributed by atoms with E-state index >= 15 is 0 Å². The molecule has 1 amide bonds. The molecule has 0 spiro atoms. The average molecular weight is 452 g/mol. The van der Waals surface area contributed by atoms with Crippen LogP contribution >= 0.6 is 0 Å². The van der Waals surface area contributed by atoms with Gasteiger partial charge in [-0.25, -0.2) is 26.3 Å². The number of benzene rings is 2. The molecule has 1 saturated carbocycles. The Labute approximate surface area is 179 Å². The van der Waals surface area contributed by atoms with Crippen LogP contribution in [-0.4, -0.2) is 50.8 Å². The first kappa shape index (κ1) is 21.8. The van der Waals surface area contributed by atoms with Crippen LogP contribution in [-0.2, 0) is 14.8 Å². The van der Waals surface area contributed by atoms with Gasteiger partial charge in [0.1, 0.15) is 18.3 Å². The summed E-state index contributed by atoms with van der Waals surface area (Å²) in [6.07, 6.45) is 1.67. The zero-order chi connectivity index (χ0) is 22.4. The third-order valence-corrected chi connectivity index (χ3v) is 6.83. The second-order valence-electron chi connectivity index (χ2n) is 8.43. The Kier molecular flexibility index (Phi) is 5.59. The summed E-state index contributed by atoms with van der Waals surface area (Å²) in [5.74, 6) is -2.12. The summed E-state index contributed by atoms with van der Waals surface area (Å²) in [6, 6.07) is 10.5. The van der Waals surface area contributed by atoms with Crippen molar-refractivity contribution < 1.29 is 26.4 Å². The number of carbonyl (C=O) groups excluding carboxylic acids is 1. The van der Waals surface area contributed by atoms with E-state index in [2.05, 4.69) is 4.72 Å². The first-order valence-electron chi connectivity index (χ1n) is 10.0. The first-order chi connectivity index (χ1) is 14.6. The molecule has 1 N–H and O–H groups in total. The van der Waals surface area contributed by atoms with Crippen LogP contribution in [0.15, 0.2) is 42.5 Å². The summed E-state index contributed by atoms with van der Waals surface area (Å²) in [4.78, 5) is 14.5. The van der Waals surface area contributed by atoms with E-state index in [-0.39, 0.29) is 42.8 Å². The van der Waals surface area contributed by atoms with Gasteiger partial charge in [0, 0.05) is 19.0 Å². The smallest absolute Gasteiger partial charge is 0.226 e. The zero-order valence-corrected chi connectivity index (χ0v) is 17.8. The fourth-order valence-corrected chi connectivity index (χ4v) is 5.53. The van der Waals surface area contributed by atoms with E-state index in [0.29, 0.717) is 17.5 Å². The maximum atomic E-state index is 14.4. The van der Waals surface area contributed by atoms with Gasteiger partial charge >= 0.3 is 0 Å². The minimum absolute atomic E-state index is 0.0395. The van der Waals surface area contributed by atoms with Gasteiger partial charge in [-0.2, -0.15) is 0 Å². The number of halogens is 3. The fraction of sp³-hybridized carbons (Fsp3) is 0.409. The van der Waals surface area contributed by atoms with Gasteiger partial charge in [-0.15, -0.1) is 0 Å². The van der Waals surface area contributed by atoms with Crippen molar-refractivity contribution in [1.82, 2.24) is 9.62 Å². The van der Waals surface area contributed by atoms with Crippen LogP contribution in [0.4, 0.5) is 13.2 Å². The largest absolute Gasteiger partial charge is 0.340 e. The molecule has 0 bridgehead atoms. The van der Waals surface area contributed by atoms with Crippen LogP contribution in [0.25, 0.3) is 11.1 Å². The van der Waals surface area contributed by atoms with Gasteiger partial charge in [-0.05, 0) is 42.0 Å². The molecule has 4 rings (SSSR count). The van der Waals surface area contributed by atoms with Crippen LogP contribution in [0.2, 0.25) is 0 Å². The molecule has 1 saturated heterocycles. The number of sulfonamides is 1. The minimum Gasteiger partial charge on any atom is -0.340 e. The molecular weight excluding hydrogens is 429 g/mol. The number of amides is 1. The van der Waals surface area contributed by atoms with E-state index in [1.165, 1.54) is 23.1 Å². The molecule has 0 radical (unpaired) electrons. The topological polar surface area (TPSA) is 66.5 Å². The number of alkyl halides is 1. The van der Waals surface area contributed by atoms with Crippen molar-refractivity contribution in [1.29, 1.82) is 0 Å². The van der Waals surface area contributed by atoms with Crippen molar-refractivity contribution in [2.24, 2.45) is 5.92 Å². The second-order valence-corrected chi connectivity index (χ2v) is 10.2. The van der Waals surface area contributed by atoms with Crippen LogP contribution in [0.5, 0.6) is 0 Å². The van der Waals surface area contributed by atoms with Gasteiger partial charge in [0.2, 0.25) is 15.9 Å². The summed E-state index contributed by atoms with van der Waals surface area (Å²) < 4.78 is 67.9. The van der Waals surface area contributed by atoms with Crippen molar-refractivity contribution in [2.75, 3.05) is 26.0 Å². The van der Waals surface area contributed by atoms with Gasteiger partial charge in [-0.1, -0.05) is 30.3 Å². The van der Waals surface area contributed by atoms with Gasteiger partial charge in [0.15, 0.2) is 0 Å². The van der Waals surface area contributed by atoms with E-state index in [1.807, 2.05) is 0 Å². The van der Waals surface area contributed by atoms with Crippen molar-refractivity contribution in [3.05, 3.63) is 59.7 Å². The number of hydrogen-bond donors (Lipinski definition) is 1. The summed E-state index contributed by atoms with van der Waals surface area (Å²) in [5, 5.41) is 0. The maximum Gasteiger partial charge on any atom is 0.226 e. The normalized spacial score (nSPS) is 25.6. The summed E-state index contributed by atoms with van der Waals surface area (Å²) in [5.41, 5.74) is -0.320. The number of nitrogens with zero attached hydrogens (tertiary/aromatic N) is 1.